The van der Waals surface area contributed by atoms with Crippen molar-refractivity contribution in [3.05, 3.63) is 0 Å². The molecule has 0 spiro atoms. The predicted molar refractivity (Wildman–Crippen MR) is 33.3 cm³/mol. The van der Waals surface area contributed by atoms with Gasteiger partial charge in [-0.15, -0.1) is 0 Å². The molecule has 0 aromatic heterocycles. The van der Waals surface area contributed by atoms with E-state index in [4.69, 9.17) is 4.55 Å². The van der Waals surface area contributed by atoms with Gasteiger partial charge in [-0.3, -0.25) is 9.35 Å². The van der Waals surface area contributed by atoms with Crippen LogP contribution >= 0.6 is 12.2 Å². The SMILES string of the molecule is NC(=O)C(=S)S(=O)(=O)O. The third-order valence-electron chi connectivity index (χ3n) is 0.435. The van der Waals surface area contributed by atoms with E-state index in [9.17, 15) is 13.2 Å². The smallest absolute Gasteiger partial charge is 0.310 e. The summed E-state index contributed by atoms with van der Waals surface area (Å²) in [5.41, 5.74) is 4.40. The van der Waals surface area contributed by atoms with E-state index in [1.807, 2.05) is 0 Å². The number of rotatable bonds is 0. The molecule has 0 aliphatic carbocycles. The third kappa shape index (κ3) is 2.49. The molecular weight excluding hydrogens is 166 g/mol. The number of hydrogen-bond acceptors (Lipinski definition) is 4. The van der Waals surface area contributed by atoms with E-state index < -0.39 is 20.2 Å². The Labute approximate surface area is 56.6 Å². The Morgan fingerprint density at radius 2 is 1.89 bits per heavy atom. The highest BCUT2D eigenvalue weighted by molar-refractivity contribution is 8.16. The predicted octanol–water partition coefficient (Wildman–Crippen LogP) is -1.31. The van der Waals surface area contributed by atoms with E-state index >= 15 is 0 Å². The Bertz CT molecular complexity index is 239. The van der Waals surface area contributed by atoms with Crippen molar-refractivity contribution in [1.29, 1.82) is 0 Å². The molecular formula is C2H3NO4S2. The highest BCUT2D eigenvalue weighted by atomic mass is 32.2. The van der Waals surface area contributed by atoms with Crippen molar-refractivity contribution in [3.63, 3.8) is 0 Å². The second-order valence-electron chi connectivity index (χ2n) is 1.13. The third-order valence-corrected chi connectivity index (χ3v) is 1.94. The van der Waals surface area contributed by atoms with Crippen LogP contribution in [0.1, 0.15) is 0 Å². The van der Waals surface area contributed by atoms with Gasteiger partial charge in [-0.25, -0.2) is 0 Å². The molecule has 5 nitrogen and oxygen atoms in total. The van der Waals surface area contributed by atoms with Crippen LogP contribution in [-0.2, 0) is 14.9 Å². The largest absolute Gasteiger partial charge is 0.364 e. The molecule has 0 saturated heterocycles. The molecule has 0 atom stereocenters. The molecule has 0 aromatic rings. The van der Waals surface area contributed by atoms with Gasteiger partial charge in [0.1, 0.15) is 0 Å². The average Bonchev–Trinajstić information content (AvgIpc) is 1.62. The van der Waals surface area contributed by atoms with E-state index in [0.29, 0.717) is 0 Å². The van der Waals surface area contributed by atoms with Gasteiger partial charge >= 0.3 is 10.1 Å². The van der Waals surface area contributed by atoms with Crippen molar-refractivity contribution in [3.8, 4) is 0 Å². The van der Waals surface area contributed by atoms with E-state index in [-0.39, 0.29) is 0 Å². The summed E-state index contributed by atoms with van der Waals surface area (Å²) < 4.78 is 26.6. The number of hydrogen-bond donors (Lipinski definition) is 2. The molecule has 1 amide bonds. The number of amides is 1. The number of nitrogens with two attached hydrogens (primary N) is 1. The summed E-state index contributed by atoms with van der Waals surface area (Å²) in [4.78, 5) is 9.89. The number of carbonyl (C=O) groups excluding carboxylic acids is 1. The molecule has 0 heterocycles. The zero-order valence-corrected chi connectivity index (χ0v) is 5.70. The molecule has 0 radical (unpaired) electrons. The molecule has 0 aliphatic rings. The first-order valence-corrected chi connectivity index (χ1v) is 3.52. The Kier molecular flexibility index (Phi) is 2.24. The lowest BCUT2D eigenvalue weighted by molar-refractivity contribution is -0.111. The summed E-state index contributed by atoms with van der Waals surface area (Å²) in [7, 11) is -4.55. The Morgan fingerprint density at radius 1 is 1.56 bits per heavy atom. The number of carbonyl (C=O) groups is 1. The quantitative estimate of drug-likeness (QED) is 0.346. The molecule has 7 heteroatoms. The normalized spacial score (nSPS) is 10.8. The van der Waals surface area contributed by atoms with Crippen LogP contribution in [0.5, 0.6) is 0 Å². The van der Waals surface area contributed by atoms with E-state index in [1.165, 1.54) is 0 Å². The minimum atomic E-state index is -4.55. The van der Waals surface area contributed by atoms with Crippen LogP contribution in [0.25, 0.3) is 0 Å². The van der Waals surface area contributed by atoms with Crippen molar-refractivity contribution >= 4 is 32.4 Å². The van der Waals surface area contributed by atoms with Crippen LogP contribution in [0.4, 0.5) is 0 Å². The summed E-state index contributed by atoms with van der Waals surface area (Å²) in [6.45, 7) is 0. The number of thiocarbonyl (C=S) groups is 1. The topological polar surface area (TPSA) is 97.5 Å². The fourth-order valence-corrected chi connectivity index (χ4v) is 0.381. The molecule has 0 bridgehead atoms. The van der Waals surface area contributed by atoms with Crippen LogP contribution in [0.15, 0.2) is 0 Å². The summed E-state index contributed by atoms with van der Waals surface area (Å²) >= 11 is 3.90. The van der Waals surface area contributed by atoms with Crippen LogP contribution in [0, 0.1) is 0 Å². The Morgan fingerprint density at radius 3 is 1.89 bits per heavy atom. The molecule has 9 heavy (non-hydrogen) atoms. The monoisotopic (exact) mass is 169 g/mol. The van der Waals surface area contributed by atoms with Gasteiger partial charge in [0.05, 0.1) is 0 Å². The van der Waals surface area contributed by atoms with Crippen LogP contribution < -0.4 is 5.73 Å². The van der Waals surface area contributed by atoms with Gasteiger partial charge < -0.3 is 5.73 Å². The standard InChI is InChI=1S/C2H3NO4S2/c3-1(4)2(8)9(5,6)7/h(H2,3,4)(H,5,6,7). The summed E-state index contributed by atoms with van der Waals surface area (Å²) in [6.07, 6.45) is 0. The van der Waals surface area contributed by atoms with Gasteiger partial charge in [0.2, 0.25) is 4.20 Å². The first-order valence-electron chi connectivity index (χ1n) is 1.67. The minimum Gasteiger partial charge on any atom is -0.364 e. The number of primary amides is 1. The lowest BCUT2D eigenvalue weighted by atomic mass is 10.8. The summed E-state index contributed by atoms with van der Waals surface area (Å²) in [6, 6.07) is 0. The lowest BCUT2D eigenvalue weighted by Gasteiger charge is -1.89. The fourth-order valence-electron chi connectivity index (χ4n) is 0.127. The van der Waals surface area contributed by atoms with Gasteiger partial charge in [0.15, 0.2) is 0 Å². The first kappa shape index (κ1) is 8.47. The zero-order valence-electron chi connectivity index (χ0n) is 4.07. The second kappa shape index (κ2) is 2.38. The second-order valence-corrected chi connectivity index (χ2v) is 3.15. The Balaban J connectivity index is 4.66. The van der Waals surface area contributed by atoms with E-state index in [2.05, 4.69) is 18.0 Å². The highest BCUT2D eigenvalue weighted by Gasteiger charge is 2.18. The molecule has 52 valence electrons. The highest BCUT2D eigenvalue weighted by Crippen LogP contribution is 1.86. The van der Waals surface area contributed by atoms with Gasteiger partial charge in [-0.05, 0) is 0 Å². The summed E-state index contributed by atoms with van der Waals surface area (Å²) in [5, 5.41) is 0. The maximum absolute atomic E-state index is 9.89. The summed E-state index contributed by atoms with van der Waals surface area (Å²) in [5.74, 6) is -1.33. The molecule has 0 aliphatic heterocycles. The van der Waals surface area contributed by atoms with Crippen LogP contribution in [0.2, 0.25) is 0 Å². The zero-order chi connectivity index (χ0) is 7.65. The molecule has 0 rings (SSSR count). The molecule has 0 unspecified atom stereocenters. The van der Waals surface area contributed by atoms with Gasteiger partial charge in [-0.1, -0.05) is 12.2 Å². The molecule has 0 fully saturated rings. The van der Waals surface area contributed by atoms with Gasteiger partial charge in [0.25, 0.3) is 5.91 Å². The lowest BCUT2D eigenvalue weighted by Crippen LogP contribution is -2.28. The molecule has 3 N–H and O–H groups in total. The fraction of sp³-hybridized carbons (Fsp3) is 0. The van der Waals surface area contributed by atoms with Crippen LogP contribution in [0.3, 0.4) is 0 Å². The first-order chi connectivity index (χ1) is 3.85. The van der Waals surface area contributed by atoms with Crippen LogP contribution in [-0.4, -0.2) is 23.1 Å². The van der Waals surface area contributed by atoms with Crippen molar-refractivity contribution in [2.75, 3.05) is 0 Å². The van der Waals surface area contributed by atoms with E-state index in [1.54, 1.807) is 0 Å². The van der Waals surface area contributed by atoms with Crippen molar-refractivity contribution in [1.82, 2.24) is 0 Å². The average molecular weight is 169 g/mol. The van der Waals surface area contributed by atoms with Gasteiger partial charge in [0, 0.05) is 0 Å². The maximum atomic E-state index is 9.89. The van der Waals surface area contributed by atoms with Crippen molar-refractivity contribution < 1.29 is 17.8 Å². The maximum Gasteiger partial charge on any atom is 0.310 e. The minimum absolute atomic E-state index is 1.16. The van der Waals surface area contributed by atoms with Gasteiger partial charge in [-0.2, -0.15) is 8.42 Å². The van der Waals surface area contributed by atoms with Crippen molar-refractivity contribution in [2.45, 2.75) is 0 Å². The van der Waals surface area contributed by atoms with E-state index in [0.717, 1.165) is 0 Å². The van der Waals surface area contributed by atoms with Crippen molar-refractivity contribution in [2.24, 2.45) is 5.73 Å². The molecule has 0 aromatic carbocycles. The Hall–Kier alpha value is -0.530. The molecule has 0 saturated carbocycles.